The van der Waals surface area contributed by atoms with Crippen LogP contribution in [0.4, 0.5) is 10.5 Å². The van der Waals surface area contributed by atoms with Crippen molar-refractivity contribution >= 4 is 35.5 Å². The number of hydrogen-bond acceptors (Lipinski definition) is 6. The minimum absolute atomic E-state index is 0.0562. The number of nitrogens with one attached hydrogen (secondary N) is 1. The van der Waals surface area contributed by atoms with E-state index in [-0.39, 0.29) is 18.1 Å². The maximum absolute atomic E-state index is 13.4. The van der Waals surface area contributed by atoms with Crippen molar-refractivity contribution in [2.24, 2.45) is 0 Å². The quantitative estimate of drug-likeness (QED) is 0.299. The third kappa shape index (κ3) is 6.05. The number of nitrogens with zero attached hydrogens (tertiary/aromatic N) is 2. The van der Waals surface area contributed by atoms with Crippen LogP contribution in [-0.2, 0) is 22.6 Å². The first-order chi connectivity index (χ1) is 20.4. The van der Waals surface area contributed by atoms with Crippen molar-refractivity contribution < 1.29 is 28.7 Å². The van der Waals surface area contributed by atoms with Gasteiger partial charge in [-0.1, -0.05) is 43.3 Å². The first kappa shape index (κ1) is 28.6. The van der Waals surface area contributed by atoms with Gasteiger partial charge in [0.25, 0.3) is 17.7 Å². The molecule has 0 aliphatic carbocycles. The highest BCUT2D eigenvalue weighted by Gasteiger charge is 2.37. The summed E-state index contributed by atoms with van der Waals surface area (Å²) >= 11 is 0. The molecule has 9 heteroatoms. The SMILES string of the molecule is CCc1ccccc1N1C(=O)NC(=O)/C(=C\c2ccc(OCc3ccc(C(=O)N4CCCCC4)cc3)c(OC)c2)C1=O. The summed E-state index contributed by atoms with van der Waals surface area (Å²) < 4.78 is 11.5. The van der Waals surface area contributed by atoms with Crippen LogP contribution in [0.1, 0.15) is 53.2 Å². The number of para-hydroxylation sites is 1. The first-order valence-electron chi connectivity index (χ1n) is 14.1. The van der Waals surface area contributed by atoms with Gasteiger partial charge in [-0.05, 0) is 78.8 Å². The molecule has 3 aromatic carbocycles. The summed E-state index contributed by atoms with van der Waals surface area (Å²) in [5, 5.41) is 2.27. The number of imide groups is 2. The molecule has 2 fully saturated rings. The maximum Gasteiger partial charge on any atom is 0.335 e. The molecule has 0 bridgehead atoms. The third-order valence-corrected chi connectivity index (χ3v) is 7.45. The second-order valence-corrected chi connectivity index (χ2v) is 10.2. The summed E-state index contributed by atoms with van der Waals surface area (Å²) in [6.45, 7) is 3.79. The molecule has 216 valence electrons. The fraction of sp³-hybridized carbons (Fsp3) is 0.273. The molecule has 0 radical (unpaired) electrons. The van der Waals surface area contributed by atoms with Gasteiger partial charge in [0.2, 0.25) is 0 Å². The van der Waals surface area contributed by atoms with Crippen molar-refractivity contribution in [3.05, 3.63) is 94.6 Å². The number of piperidine rings is 1. The predicted molar refractivity (Wildman–Crippen MR) is 158 cm³/mol. The van der Waals surface area contributed by atoms with Crippen molar-refractivity contribution in [2.45, 2.75) is 39.2 Å². The second-order valence-electron chi connectivity index (χ2n) is 10.2. The number of likely N-dealkylation sites (tertiary alicyclic amines) is 1. The molecule has 9 nitrogen and oxygen atoms in total. The van der Waals surface area contributed by atoms with Gasteiger partial charge in [-0.15, -0.1) is 0 Å². The molecular formula is C33H33N3O6. The zero-order valence-electron chi connectivity index (χ0n) is 23.7. The number of hydrogen-bond donors (Lipinski definition) is 1. The smallest absolute Gasteiger partial charge is 0.335 e. The van der Waals surface area contributed by atoms with E-state index in [1.54, 1.807) is 30.3 Å². The fourth-order valence-electron chi connectivity index (χ4n) is 5.15. The third-order valence-electron chi connectivity index (χ3n) is 7.45. The molecule has 42 heavy (non-hydrogen) atoms. The summed E-state index contributed by atoms with van der Waals surface area (Å²) in [6.07, 6.45) is 5.30. The minimum atomic E-state index is -0.784. The lowest BCUT2D eigenvalue weighted by atomic mass is 10.0. The van der Waals surface area contributed by atoms with Crippen molar-refractivity contribution in [3.63, 3.8) is 0 Å². The molecule has 2 saturated heterocycles. The van der Waals surface area contributed by atoms with Crippen molar-refractivity contribution in [1.29, 1.82) is 0 Å². The van der Waals surface area contributed by atoms with Crippen LogP contribution in [0.15, 0.2) is 72.3 Å². The standard InChI is InChI=1S/C33H33N3O6/c1-3-24-9-5-6-10-27(24)36-32(39)26(30(37)34-33(36)40)19-23-13-16-28(29(20-23)41-2)42-21-22-11-14-25(15-12-22)31(38)35-17-7-4-8-18-35/h5-6,9-16,19-20H,3-4,7-8,17-18,21H2,1-2H3,(H,34,37,40)/b26-19+. The molecule has 0 atom stereocenters. The van der Waals surface area contributed by atoms with Crippen LogP contribution in [0.5, 0.6) is 11.5 Å². The highest BCUT2D eigenvalue weighted by atomic mass is 16.5. The Hall–Kier alpha value is -4.92. The van der Waals surface area contributed by atoms with Gasteiger partial charge in [0, 0.05) is 18.7 Å². The van der Waals surface area contributed by atoms with E-state index in [0.717, 1.165) is 42.0 Å². The summed E-state index contributed by atoms with van der Waals surface area (Å²) in [7, 11) is 1.50. The molecule has 2 aliphatic rings. The summed E-state index contributed by atoms with van der Waals surface area (Å²) in [5.41, 5.74) is 3.15. The van der Waals surface area contributed by atoms with Crippen molar-refractivity contribution in [3.8, 4) is 11.5 Å². The highest BCUT2D eigenvalue weighted by molar-refractivity contribution is 6.39. The van der Waals surface area contributed by atoms with Crippen LogP contribution in [0, 0.1) is 0 Å². The Kier molecular flexibility index (Phi) is 8.66. The number of aryl methyl sites for hydroxylation is 1. The predicted octanol–water partition coefficient (Wildman–Crippen LogP) is 5.13. The van der Waals surface area contributed by atoms with Gasteiger partial charge in [-0.2, -0.15) is 0 Å². The van der Waals surface area contributed by atoms with Gasteiger partial charge in [0.15, 0.2) is 11.5 Å². The molecule has 2 heterocycles. The summed E-state index contributed by atoms with van der Waals surface area (Å²) in [5.74, 6) is -0.529. The number of barbiturate groups is 1. The van der Waals surface area contributed by atoms with E-state index in [2.05, 4.69) is 5.32 Å². The number of methoxy groups -OCH3 is 1. The lowest BCUT2D eigenvalue weighted by Crippen LogP contribution is -2.54. The van der Waals surface area contributed by atoms with E-state index >= 15 is 0 Å². The molecule has 0 unspecified atom stereocenters. The molecule has 2 aliphatic heterocycles. The number of benzene rings is 3. The number of carbonyl (C=O) groups is 4. The zero-order valence-corrected chi connectivity index (χ0v) is 23.7. The van der Waals surface area contributed by atoms with Gasteiger partial charge in [0.1, 0.15) is 12.2 Å². The lowest BCUT2D eigenvalue weighted by molar-refractivity contribution is -0.122. The fourth-order valence-corrected chi connectivity index (χ4v) is 5.15. The average Bonchev–Trinajstić information content (AvgIpc) is 3.02. The van der Waals surface area contributed by atoms with Gasteiger partial charge in [-0.25, -0.2) is 9.69 Å². The zero-order chi connectivity index (χ0) is 29.6. The van der Waals surface area contributed by atoms with E-state index in [1.807, 2.05) is 48.2 Å². The summed E-state index contributed by atoms with van der Waals surface area (Å²) in [4.78, 5) is 54.3. The number of rotatable bonds is 8. The Morgan fingerprint density at radius 1 is 0.929 bits per heavy atom. The van der Waals surface area contributed by atoms with E-state index in [4.69, 9.17) is 9.47 Å². The maximum atomic E-state index is 13.4. The Morgan fingerprint density at radius 2 is 1.67 bits per heavy atom. The van der Waals surface area contributed by atoms with Gasteiger partial charge in [0.05, 0.1) is 12.8 Å². The normalized spacial score (nSPS) is 16.4. The average molecular weight is 568 g/mol. The highest BCUT2D eigenvalue weighted by Crippen LogP contribution is 2.31. The van der Waals surface area contributed by atoms with E-state index in [9.17, 15) is 19.2 Å². The van der Waals surface area contributed by atoms with E-state index < -0.39 is 17.8 Å². The second kappa shape index (κ2) is 12.7. The number of amides is 5. The summed E-state index contributed by atoms with van der Waals surface area (Å²) in [6, 6.07) is 18.7. The van der Waals surface area contributed by atoms with Crippen LogP contribution in [0.25, 0.3) is 6.08 Å². The molecule has 5 rings (SSSR count). The van der Waals surface area contributed by atoms with Gasteiger partial charge >= 0.3 is 6.03 Å². The molecule has 1 N–H and O–H groups in total. The molecule has 0 spiro atoms. The minimum Gasteiger partial charge on any atom is -0.493 e. The van der Waals surface area contributed by atoms with Crippen LogP contribution in [-0.4, -0.2) is 48.9 Å². The monoisotopic (exact) mass is 567 g/mol. The van der Waals surface area contributed by atoms with Gasteiger partial charge in [-0.3, -0.25) is 19.7 Å². The molecule has 5 amide bonds. The largest absolute Gasteiger partial charge is 0.493 e. The Labute approximate surface area is 244 Å². The van der Waals surface area contributed by atoms with Crippen LogP contribution in [0.3, 0.4) is 0 Å². The van der Waals surface area contributed by atoms with Crippen molar-refractivity contribution in [2.75, 3.05) is 25.1 Å². The van der Waals surface area contributed by atoms with E-state index in [0.29, 0.717) is 34.7 Å². The first-order valence-corrected chi connectivity index (χ1v) is 14.1. The van der Waals surface area contributed by atoms with Crippen LogP contribution >= 0.6 is 0 Å². The molecule has 3 aromatic rings. The molecular weight excluding hydrogens is 534 g/mol. The Balaban J connectivity index is 1.30. The molecule has 0 saturated carbocycles. The number of carbonyl (C=O) groups excluding carboxylic acids is 4. The Morgan fingerprint density at radius 3 is 2.38 bits per heavy atom. The van der Waals surface area contributed by atoms with Crippen LogP contribution in [0.2, 0.25) is 0 Å². The Bertz CT molecular complexity index is 1540. The number of urea groups is 1. The van der Waals surface area contributed by atoms with Gasteiger partial charge < -0.3 is 14.4 Å². The van der Waals surface area contributed by atoms with Crippen molar-refractivity contribution in [1.82, 2.24) is 10.2 Å². The number of anilines is 1. The topological polar surface area (TPSA) is 105 Å². The van der Waals surface area contributed by atoms with E-state index in [1.165, 1.54) is 19.6 Å². The number of ether oxygens (including phenoxy) is 2. The van der Waals surface area contributed by atoms with Crippen LogP contribution < -0.4 is 19.7 Å². The molecule has 0 aromatic heterocycles. The lowest BCUT2D eigenvalue weighted by Gasteiger charge is -2.28.